The van der Waals surface area contributed by atoms with Crippen molar-refractivity contribution in [3.63, 3.8) is 0 Å². The van der Waals surface area contributed by atoms with E-state index in [1.165, 1.54) is 7.11 Å². The zero-order valence-corrected chi connectivity index (χ0v) is 26.6. The molecule has 2 aliphatic carbocycles. The molecule has 2 aromatic rings. The maximum absolute atomic E-state index is 14.4. The van der Waals surface area contributed by atoms with Crippen molar-refractivity contribution in [1.29, 1.82) is 0 Å². The standard InChI is InChI=1S/C36H46N2O7/c1-3-43-33-26-16-9-10-18-29(26)37-34-27(33)17-6-4-5-14-24-15-11-19-31(24)45-32(39)21-28(23-12-7-8-13-23)35(40)38-22-25(44-34)20-30(38)36(41)42-2/h4,6,9-10,16,18,23-25,28,30-31H,3,5,7-8,11-15,17,19-22H2,1-2H3/b6-4-/t24-,25-,28+,30+,31-/m1/s1. The largest absolute Gasteiger partial charge is 0.493 e. The highest BCUT2D eigenvalue weighted by atomic mass is 16.5. The van der Waals surface area contributed by atoms with E-state index in [0.717, 1.165) is 80.0 Å². The van der Waals surface area contributed by atoms with E-state index in [-0.39, 0.29) is 43.3 Å². The summed E-state index contributed by atoms with van der Waals surface area (Å²) in [6, 6.07) is 7.06. The molecule has 2 aliphatic heterocycles. The van der Waals surface area contributed by atoms with E-state index < -0.39 is 24.0 Å². The predicted molar refractivity (Wildman–Crippen MR) is 169 cm³/mol. The van der Waals surface area contributed by atoms with Gasteiger partial charge >= 0.3 is 11.9 Å². The van der Waals surface area contributed by atoms with Gasteiger partial charge in [0.2, 0.25) is 11.8 Å². The first-order valence-electron chi connectivity index (χ1n) is 16.9. The third-order valence-corrected chi connectivity index (χ3v) is 10.2. The van der Waals surface area contributed by atoms with E-state index in [1.807, 2.05) is 31.2 Å². The molecule has 9 nitrogen and oxygen atoms in total. The monoisotopic (exact) mass is 618 g/mol. The summed E-state index contributed by atoms with van der Waals surface area (Å²) in [7, 11) is 1.34. The number of para-hydroxylation sites is 1. The Morgan fingerprint density at radius 1 is 1.00 bits per heavy atom. The molecule has 0 N–H and O–H groups in total. The molecular formula is C36H46N2O7. The minimum atomic E-state index is -0.802. The number of nitrogens with zero attached hydrogens (tertiary/aromatic N) is 2. The summed E-state index contributed by atoms with van der Waals surface area (Å²) < 4.78 is 24.1. The molecule has 3 fully saturated rings. The van der Waals surface area contributed by atoms with Crippen LogP contribution in [0.4, 0.5) is 0 Å². The second kappa shape index (κ2) is 14.2. The van der Waals surface area contributed by atoms with Gasteiger partial charge in [-0.15, -0.1) is 0 Å². The van der Waals surface area contributed by atoms with Crippen molar-refractivity contribution in [3.8, 4) is 11.6 Å². The number of methoxy groups -OCH3 is 1. The highest BCUT2D eigenvalue weighted by Gasteiger charge is 2.46. The van der Waals surface area contributed by atoms with Crippen molar-refractivity contribution >= 4 is 28.7 Å². The maximum atomic E-state index is 14.4. The van der Waals surface area contributed by atoms with E-state index in [4.69, 9.17) is 23.9 Å². The SMILES string of the molecule is CCOc1c2c(nc3ccccc13)O[C@@H]1C[C@@H](C(=O)OC)N(C1)C(=O)[C@H](C1CCCC1)CC(=O)O[C@@H]1CCC[C@H]1CC/C=C\C2. The molecule has 6 rings (SSSR count). The van der Waals surface area contributed by atoms with Crippen molar-refractivity contribution < 1.29 is 33.3 Å². The minimum Gasteiger partial charge on any atom is -0.493 e. The quantitative estimate of drug-likeness (QED) is 0.306. The lowest BCUT2D eigenvalue weighted by Gasteiger charge is -2.30. The molecule has 2 saturated carbocycles. The number of benzene rings is 1. The van der Waals surface area contributed by atoms with E-state index in [2.05, 4.69) is 12.2 Å². The van der Waals surface area contributed by atoms with Gasteiger partial charge in [0.25, 0.3) is 0 Å². The van der Waals surface area contributed by atoms with Gasteiger partial charge < -0.3 is 23.8 Å². The Morgan fingerprint density at radius 2 is 1.80 bits per heavy atom. The van der Waals surface area contributed by atoms with Crippen LogP contribution in [0.2, 0.25) is 0 Å². The average molecular weight is 619 g/mol. The molecule has 0 radical (unpaired) electrons. The summed E-state index contributed by atoms with van der Waals surface area (Å²) in [5.41, 5.74) is 1.61. The van der Waals surface area contributed by atoms with Crippen LogP contribution in [0.25, 0.3) is 10.9 Å². The minimum absolute atomic E-state index is 0.0383. The number of rotatable bonds is 4. The smallest absolute Gasteiger partial charge is 0.328 e. The summed E-state index contributed by atoms with van der Waals surface area (Å²) in [5.74, 6) is 0.0903. The van der Waals surface area contributed by atoms with Crippen LogP contribution in [-0.2, 0) is 30.3 Å². The number of aromatic nitrogens is 1. The Balaban J connectivity index is 1.39. The summed E-state index contributed by atoms with van der Waals surface area (Å²) in [5, 5.41) is 0.919. The highest BCUT2D eigenvalue weighted by molar-refractivity contribution is 5.89. The Labute approximate surface area is 265 Å². The first-order chi connectivity index (χ1) is 22.0. The highest BCUT2D eigenvalue weighted by Crippen LogP contribution is 2.40. The van der Waals surface area contributed by atoms with Gasteiger partial charge in [-0.05, 0) is 82.3 Å². The average Bonchev–Trinajstić information content (AvgIpc) is 3.82. The number of carbonyl (C=O) groups is 3. The Hall–Kier alpha value is -3.62. The number of carbonyl (C=O) groups excluding carboxylic acids is 3. The Kier molecular flexibility index (Phi) is 9.91. The van der Waals surface area contributed by atoms with Gasteiger partial charge in [0.15, 0.2) is 0 Å². The molecule has 3 heterocycles. The molecule has 1 aromatic heterocycles. The number of fused-ring (bicyclic) bond motifs is 5. The summed E-state index contributed by atoms with van der Waals surface area (Å²) >= 11 is 0. The fourth-order valence-electron chi connectivity index (χ4n) is 7.97. The van der Waals surface area contributed by atoms with Crippen molar-refractivity contribution in [2.24, 2.45) is 17.8 Å². The van der Waals surface area contributed by atoms with Crippen LogP contribution in [-0.4, -0.2) is 66.2 Å². The molecule has 1 aromatic carbocycles. The summed E-state index contributed by atoms with van der Waals surface area (Å²) in [6.07, 6.45) is 13.2. The van der Waals surface area contributed by atoms with Crippen LogP contribution < -0.4 is 9.47 Å². The lowest BCUT2D eigenvalue weighted by Crippen LogP contribution is -2.46. The van der Waals surface area contributed by atoms with Gasteiger partial charge in [0, 0.05) is 11.8 Å². The predicted octanol–water partition coefficient (Wildman–Crippen LogP) is 5.96. The molecule has 0 unspecified atom stereocenters. The van der Waals surface area contributed by atoms with Crippen molar-refractivity contribution in [1.82, 2.24) is 9.88 Å². The van der Waals surface area contributed by atoms with Gasteiger partial charge in [-0.1, -0.05) is 37.1 Å². The van der Waals surface area contributed by atoms with E-state index in [1.54, 1.807) is 4.90 Å². The summed E-state index contributed by atoms with van der Waals surface area (Å²) in [6.45, 7) is 2.66. The molecule has 4 aliphatic rings. The van der Waals surface area contributed by atoms with Crippen LogP contribution in [0.15, 0.2) is 36.4 Å². The second-order valence-corrected chi connectivity index (χ2v) is 13.0. The second-order valence-electron chi connectivity index (χ2n) is 13.0. The molecule has 2 bridgehead atoms. The summed E-state index contributed by atoms with van der Waals surface area (Å²) in [4.78, 5) is 47.4. The normalized spacial score (nSPS) is 28.8. The van der Waals surface area contributed by atoms with Crippen LogP contribution in [0.3, 0.4) is 0 Å². The molecule has 9 heteroatoms. The lowest BCUT2D eigenvalue weighted by molar-refractivity contribution is -0.158. The van der Waals surface area contributed by atoms with Gasteiger partial charge in [-0.2, -0.15) is 0 Å². The van der Waals surface area contributed by atoms with Crippen molar-refractivity contribution in [2.45, 2.75) is 102 Å². The van der Waals surface area contributed by atoms with Gasteiger partial charge in [-0.25, -0.2) is 9.78 Å². The lowest BCUT2D eigenvalue weighted by atomic mass is 9.86. The fourth-order valence-corrected chi connectivity index (χ4v) is 7.97. The number of amides is 1. The van der Waals surface area contributed by atoms with Crippen molar-refractivity contribution in [3.05, 3.63) is 42.0 Å². The molecule has 45 heavy (non-hydrogen) atoms. The number of hydrogen-bond acceptors (Lipinski definition) is 8. The van der Waals surface area contributed by atoms with E-state index in [0.29, 0.717) is 24.8 Å². The Morgan fingerprint density at radius 3 is 2.60 bits per heavy atom. The van der Waals surface area contributed by atoms with E-state index in [9.17, 15) is 14.4 Å². The topological polar surface area (TPSA) is 104 Å². The molecule has 242 valence electrons. The number of esters is 2. The number of ether oxygens (including phenoxy) is 4. The van der Waals surface area contributed by atoms with E-state index >= 15 is 0 Å². The molecule has 1 saturated heterocycles. The third-order valence-electron chi connectivity index (χ3n) is 10.2. The number of pyridine rings is 1. The Bertz CT molecular complexity index is 1420. The van der Waals surface area contributed by atoms with Gasteiger partial charge in [-0.3, -0.25) is 9.59 Å². The number of allylic oxidation sites excluding steroid dienone is 2. The van der Waals surface area contributed by atoms with Crippen LogP contribution in [0, 0.1) is 17.8 Å². The fraction of sp³-hybridized carbons (Fsp3) is 0.611. The molecule has 1 amide bonds. The molecule has 0 spiro atoms. The van der Waals surface area contributed by atoms with Gasteiger partial charge in [0.05, 0.1) is 43.7 Å². The van der Waals surface area contributed by atoms with Crippen molar-refractivity contribution in [2.75, 3.05) is 20.3 Å². The number of hydrogen-bond donors (Lipinski definition) is 0. The molecular weight excluding hydrogens is 572 g/mol. The van der Waals surface area contributed by atoms with Gasteiger partial charge in [0.1, 0.15) is 24.0 Å². The maximum Gasteiger partial charge on any atom is 0.328 e. The van der Waals surface area contributed by atoms with Crippen LogP contribution >= 0.6 is 0 Å². The zero-order chi connectivity index (χ0) is 31.3. The van der Waals surface area contributed by atoms with Crippen LogP contribution in [0.1, 0.15) is 83.1 Å². The zero-order valence-electron chi connectivity index (χ0n) is 26.6. The first-order valence-corrected chi connectivity index (χ1v) is 16.9. The first kappa shape index (κ1) is 31.4. The third kappa shape index (κ3) is 6.82. The molecule has 5 atom stereocenters. The van der Waals surface area contributed by atoms with Crippen LogP contribution in [0.5, 0.6) is 11.6 Å².